The smallest absolute Gasteiger partial charge is 0.346 e. The normalized spacial score (nSPS) is 33.8. The molecule has 3 atom stereocenters. The van der Waals surface area contributed by atoms with Gasteiger partial charge in [-0.05, 0) is 12.0 Å². The van der Waals surface area contributed by atoms with Gasteiger partial charge in [0.25, 0.3) is 0 Å². The topological polar surface area (TPSA) is 18.5 Å². The van der Waals surface area contributed by atoms with Gasteiger partial charge in [0, 0.05) is 12.3 Å². The van der Waals surface area contributed by atoms with Crippen molar-refractivity contribution in [3.05, 3.63) is 48.0 Å². The third kappa shape index (κ3) is 2.36. The first-order chi connectivity index (χ1) is 9.51. The lowest BCUT2D eigenvalue weighted by molar-refractivity contribution is -0.249. The lowest BCUT2D eigenvalue weighted by Crippen LogP contribution is -2.41. The highest BCUT2D eigenvalue weighted by atomic mass is 19.4. The van der Waals surface area contributed by atoms with Crippen LogP contribution in [-0.2, 0) is 9.47 Å². The molecule has 0 saturated carbocycles. The van der Waals surface area contributed by atoms with Gasteiger partial charge in [0.1, 0.15) is 0 Å². The zero-order valence-electron chi connectivity index (χ0n) is 10.8. The SMILES string of the molecule is FC(F)(F)C1COC2(CC=CCC2c2ccccc2)O1. The number of benzene rings is 1. The van der Waals surface area contributed by atoms with E-state index in [-0.39, 0.29) is 5.92 Å². The van der Waals surface area contributed by atoms with Crippen molar-refractivity contribution in [1.29, 1.82) is 0 Å². The van der Waals surface area contributed by atoms with E-state index in [9.17, 15) is 13.2 Å². The second-order valence-electron chi connectivity index (χ2n) is 5.15. The molecule has 2 aliphatic rings. The molecule has 1 aliphatic heterocycles. The van der Waals surface area contributed by atoms with Gasteiger partial charge in [0.05, 0.1) is 6.61 Å². The van der Waals surface area contributed by atoms with Crippen LogP contribution in [0.5, 0.6) is 0 Å². The molecule has 5 heteroatoms. The lowest BCUT2D eigenvalue weighted by atomic mass is 9.82. The number of hydrogen-bond donors (Lipinski definition) is 0. The Morgan fingerprint density at radius 2 is 1.85 bits per heavy atom. The van der Waals surface area contributed by atoms with E-state index in [1.165, 1.54) is 0 Å². The highest BCUT2D eigenvalue weighted by molar-refractivity contribution is 5.25. The number of allylic oxidation sites excluding steroid dienone is 1. The molecule has 1 aliphatic carbocycles. The molecule has 1 fully saturated rings. The Morgan fingerprint density at radius 1 is 1.10 bits per heavy atom. The van der Waals surface area contributed by atoms with Crippen molar-refractivity contribution < 1.29 is 22.6 Å². The van der Waals surface area contributed by atoms with Gasteiger partial charge in [-0.15, -0.1) is 0 Å². The summed E-state index contributed by atoms with van der Waals surface area (Å²) in [4.78, 5) is 0. The largest absolute Gasteiger partial charge is 0.417 e. The van der Waals surface area contributed by atoms with Gasteiger partial charge in [0.2, 0.25) is 0 Å². The van der Waals surface area contributed by atoms with Gasteiger partial charge >= 0.3 is 6.18 Å². The zero-order chi connectivity index (χ0) is 14.2. The molecular formula is C15H15F3O2. The molecule has 2 nitrogen and oxygen atoms in total. The van der Waals surface area contributed by atoms with Crippen LogP contribution in [0, 0.1) is 0 Å². The van der Waals surface area contributed by atoms with E-state index in [1.54, 1.807) is 0 Å². The van der Waals surface area contributed by atoms with E-state index in [2.05, 4.69) is 0 Å². The Morgan fingerprint density at radius 3 is 2.50 bits per heavy atom. The number of ether oxygens (including phenoxy) is 2. The molecule has 1 aromatic carbocycles. The van der Waals surface area contributed by atoms with Crippen LogP contribution in [0.1, 0.15) is 24.3 Å². The molecule has 20 heavy (non-hydrogen) atoms. The predicted octanol–water partition coefficient (Wildman–Crippen LogP) is 3.79. The number of hydrogen-bond acceptors (Lipinski definition) is 2. The van der Waals surface area contributed by atoms with Gasteiger partial charge in [0.15, 0.2) is 11.9 Å². The van der Waals surface area contributed by atoms with Gasteiger partial charge in [-0.25, -0.2) is 0 Å². The fourth-order valence-electron chi connectivity index (χ4n) is 2.85. The summed E-state index contributed by atoms with van der Waals surface area (Å²) in [5.41, 5.74) is 0.944. The summed E-state index contributed by atoms with van der Waals surface area (Å²) >= 11 is 0. The first kappa shape index (κ1) is 13.6. The number of rotatable bonds is 1. The second-order valence-corrected chi connectivity index (χ2v) is 5.15. The summed E-state index contributed by atoms with van der Waals surface area (Å²) in [5, 5.41) is 0. The monoisotopic (exact) mass is 284 g/mol. The Labute approximate surface area is 115 Å². The van der Waals surface area contributed by atoms with Crippen LogP contribution < -0.4 is 0 Å². The minimum atomic E-state index is -4.38. The average molecular weight is 284 g/mol. The van der Waals surface area contributed by atoms with Gasteiger partial charge < -0.3 is 9.47 Å². The van der Waals surface area contributed by atoms with Crippen LogP contribution in [0.3, 0.4) is 0 Å². The quantitative estimate of drug-likeness (QED) is 0.730. The maximum Gasteiger partial charge on any atom is 0.417 e. The van der Waals surface area contributed by atoms with Gasteiger partial charge in [-0.3, -0.25) is 0 Å². The molecule has 0 amide bonds. The molecule has 1 aromatic rings. The molecule has 0 bridgehead atoms. The summed E-state index contributed by atoms with van der Waals surface area (Å²) in [6.45, 7) is -0.430. The van der Waals surface area contributed by atoms with Crippen LogP contribution in [0.2, 0.25) is 0 Å². The Hall–Kier alpha value is -1.33. The van der Waals surface area contributed by atoms with Crippen LogP contribution >= 0.6 is 0 Å². The van der Waals surface area contributed by atoms with E-state index >= 15 is 0 Å². The van der Waals surface area contributed by atoms with Crippen molar-refractivity contribution in [2.24, 2.45) is 0 Å². The summed E-state index contributed by atoms with van der Waals surface area (Å²) in [5.74, 6) is -1.39. The highest BCUT2D eigenvalue weighted by Crippen LogP contribution is 2.47. The fraction of sp³-hybridized carbons (Fsp3) is 0.467. The van der Waals surface area contributed by atoms with Crippen molar-refractivity contribution in [3.8, 4) is 0 Å². The zero-order valence-corrected chi connectivity index (χ0v) is 10.8. The summed E-state index contributed by atoms with van der Waals surface area (Å²) in [7, 11) is 0. The molecule has 0 radical (unpaired) electrons. The van der Waals surface area contributed by atoms with E-state index in [4.69, 9.17) is 9.47 Å². The maximum atomic E-state index is 12.8. The number of halogens is 3. The average Bonchev–Trinajstić information content (AvgIpc) is 2.85. The highest BCUT2D eigenvalue weighted by Gasteiger charge is 2.55. The molecule has 0 aromatic heterocycles. The Kier molecular flexibility index (Phi) is 3.34. The standard InChI is InChI=1S/C15H15F3O2/c16-15(17,18)13-10-19-14(20-13)9-5-4-8-12(14)11-6-2-1-3-7-11/h1-7,12-13H,8-10H2. The third-order valence-electron chi connectivity index (χ3n) is 3.86. The van der Waals surface area contributed by atoms with Crippen molar-refractivity contribution >= 4 is 0 Å². The third-order valence-corrected chi connectivity index (χ3v) is 3.86. The van der Waals surface area contributed by atoms with Crippen molar-refractivity contribution in [3.63, 3.8) is 0 Å². The van der Waals surface area contributed by atoms with Gasteiger partial charge in [-0.2, -0.15) is 13.2 Å². The summed E-state index contributed by atoms with van der Waals surface area (Å²) in [6.07, 6.45) is -1.45. The number of alkyl halides is 3. The summed E-state index contributed by atoms with van der Waals surface area (Å²) in [6, 6.07) is 9.43. The van der Waals surface area contributed by atoms with Gasteiger partial charge in [-0.1, -0.05) is 42.5 Å². The molecule has 1 heterocycles. The summed E-state index contributed by atoms with van der Waals surface area (Å²) < 4.78 is 49.2. The minimum absolute atomic E-state index is 0.207. The Bertz CT molecular complexity index is 498. The van der Waals surface area contributed by atoms with E-state index in [1.807, 2.05) is 42.5 Å². The predicted molar refractivity (Wildman–Crippen MR) is 67.2 cm³/mol. The Balaban J connectivity index is 1.89. The van der Waals surface area contributed by atoms with E-state index in [0.29, 0.717) is 12.8 Å². The second kappa shape index (κ2) is 4.90. The molecular weight excluding hydrogens is 269 g/mol. The molecule has 3 unspecified atom stereocenters. The van der Waals surface area contributed by atoms with Crippen LogP contribution in [0.15, 0.2) is 42.5 Å². The maximum absolute atomic E-state index is 12.8. The molecule has 0 N–H and O–H groups in total. The van der Waals surface area contributed by atoms with Crippen LogP contribution in [-0.4, -0.2) is 24.7 Å². The fourth-order valence-corrected chi connectivity index (χ4v) is 2.85. The molecule has 108 valence electrons. The van der Waals surface area contributed by atoms with E-state index < -0.39 is 24.7 Å². The van der Waals surface area contributed by atoms with Crippen molar-refractivity contribution in [1.82, 2.24) is 0 Å². The van der Waals surface area contributed by atoms with Crippen LogP contribution in [0.4, 0.5) is 13.2 Å². The molecule has 3 rings (SSSR count). The molecule has 1 spiro atoms. The molecule has 1 saturated heterocycles. The first-order valence-corrected chi connectivity index (χ1v) is 6.60. The van der Waals surface area contributed by atoms with Crippen molar-refractivity contribution in [2.45, 2.75) is 36.8 Å². The first-order valence-electron chi connectivity index (χ1n) is 6.60. The minimum Gasteiger partial charge on any atom is -0.346 e. The van der Waals surface area contributed by atoms with Crippen molar-refractivity contribution in [2.75, 3.05) is 6.61 Å². The van der Waals surface area contributed by atoms with Crippen LogP contribution in [0.25, 0.3) is 0 Å². The lowest BCUT2D eigenvalue weighted by Gasteiger charge is -2.37. The van der Waals surface area contributed by atoms with E-state index in [0.717, 1.165) is 5.56 Å².